The molecule has 0 amide bonds. The second-order valence-electron chi connectivity index (χ2n) is 4.96. The summed E-state index contributed by atoms with van der Waals surface area (Å²) in [6.45, 7) is 2.20. The molecule has 120 valence electrons. The van der Waals surface area contributed by atoms with Gasteiger partial charge in [-0.1, -0.05) is 78.0 Å². The lowest BCUT2D eigenvalue weighted by Gasteiger charge is -2.04. The molecule has 3 rings (SSSR count). The Balaban J connectivity index is 1.65. The first-order valence-electron chi connectivity index (χ1n) is 7.39. The Morgan fingerprint density at radius 3 is 2.74 bits per heavy atom. The van der Waals surface area contributed by atoms with Gasteiger partial charge in [-0.25, -0.2) is 4.98 Å². The first-order valence-corrected chi connectivity index (χ1v) is 10.6. The lowest BCUT2D eigenvalue weighted by atomic mass is 10.2. The van der Waals surface area contributed by atoms with Crippen molar-refractivity contribution in [2.45, 2.75) is 34.2 Å². The van der Waals surface area contributed by atoms with Gasteiger partial charge in [0.2, 0.25) is 0 Å². The summed E-state index contributed by atoms with van der Waals surface area (Å²) in [6.07, 6.45) is 2.42. The molecule has 2 aromatic heterocycles. The van der Waals surface area contributed by atoms with Gasteiger partial charge in [0, 0.05) is 22.5 Å². The number of nitrogens with zero attached hydrogens (tertiary/aromatic N) is 3. The van der Waals surface area contributed by atoms with Crippen LogP contribution >= 0.6 is 46.5 Å². The molecule has 3 nitrogen and oxygen atoms in total. The molecule has 3 aromatic rings. The molecule has 23 heavy (non-hydrogen) atoms. The minimum absolute atomic E-state index is 0.568. The van der Waals surface area contributed by atoms with Gasteiger partial charge in [-0.2, -0.15) is 0 Å². The third kappa shape index (κ3) is 4.59. The number of pyridine rings is 1. The fraction of sp³-hybridized carbons (Fsp3) is 0.312. The highest BCUT2D eigenvalue weighted by Gasteiger charge is 2.09. The molecular weight excluding hydrogens is 366 g/mol. The summed E-state index contributed by atoms with van der Waals surface area (Å²) < 4.78 is 2.02. The number of hydrogen-bond donors (Lipinski definition) is 0. The Hall–Kier alpha value is -0.820. The number of unbranched alkanes of at least 4 members (excludes halogenated alkanes) is 1. The second kappa shape index (κ2) is 8.33. The van der Waals surface area contributed by atoms with Gasteiger partial charge in [-0.05, 0) is 18.6 Å². The minimum Gasteiger partial charge on any atom is -0.236 e. The average Bonchev–Trinajstić information content (AvgIpc) is 3.01. The fourth-order valence-corrected chi connectivity index (χ4v) is 5.43. The van der Waals surface area contributed by atoms with E-state index in [9.17, 15) is 0 Å². The molecule has 1 aromatic carbocycles. The third-order valence-corrected chi connectivity index (χ3v) is 6.86. The van der Waals surface area contributed by atoms with Crippen LogP contribution in [0.5, 0.6) is 0 Å². The van der Waals surface area contributed by atoms with E-state index in [1.54, 1.807) is 34.9 Å². The van der Waals surface area contributed by atoms with E-state index in [1.165, 1.54) is 12.8 Å². The van der Waals surface area contributed by atoms with Gasteiger partial charge in [0.25, 0.3) is 0 Å². The zero-order chi connectivity index (χ0) is 16.1. The minimum atomic E-state index is 0.568. The molecular formula is C16H16ClN3S3. The molecule has 0 aliphatic heterocycles. The Morgan fingerprint density at radius 1 is 1.13 bits per heavy atom. The molecule has 2 heterocycles. The number of para-hydroxylation sites is 1. The molecule has 0 atom stereocenters. The molecule has 0 spiro atoms. The molecule has 0 unspecified atom stereocenters. The van der Waals surface area contributed by atoms with E-state index >= 15 is 0 Å². The molecule has 0 aliphatic rings. The van der Waals surface area contributed by atoms with Crippen LogP contribution in [0.4, 0.5) is 0 Å². The number of aromatic nitrogens is 3. The van der Waals surface area contributed by atoms with Crippen molar-refractivity contribution in [3.05, 3.63) is 41.0 Å². The van der Waals surface area contributed by atoms with Gasteiger partial charge < -0.3 is 0 Å². The Bertz CT molecular complexity index is 791. The van der Waals surface area contributed by atoms with Crippen molar-refractivity contribution >= 4 is 57.4 Å². The van der Waals surface area contributed by atoms with E-state index in [0.717, 1.165) is 36.7 Å². The number of hydrogen-bond acceptors (Lipinski definition) is 6. The summed E-state index contributed by atoms with van der Waals surface area (Å²) in [5, 5.41) is 10.2. The van der Waals surface area contributed by atoms with Crippen LogP contribution in [-0.4, -0.2) is 20.9 Å². The highest BCUT2D eigenvalue weighted by atomic mass is 35.5. The lowest BCUT2D eigenvalue weighted by molar-refractivity contribution is 0.892. The fourth-order valence-electron chi connectivity index (χ4n) is 1.99. The molecule has 0 fully saturated rings. The predicted octanol–water partition coefficient (Wildman–Crippen LogP) is 5.92. The van der Waals surface area contributed by atoms with Crippen molar-refractivity contribution < 1.29 is 0 Å². The summed E-state index contributed by atoms with van der Waals surface area (Å²) in [4.78, 5) is 4.46. The predicted molar refractivity (Wildman–Crippen MR) is 102 cm³/mol. The number of fused-ring (bicyclic) bond motifs is 1. The number of halogens is 1. The van der Waals surface area contributed by atoms with Gasteiger partial charge in [-0.15, -0.1) is 10.2 Å². The normalized spacial score (nSPS) is 11.2. The molecule has 0 saturated heterocycles. The monoisotopic (exact) mass is 381 g/mol. The van der Waals surface area contributed by atoms with E-state index in [0.29, 0.717) is 5.15 Å². The first kappa shape index (κ1) is 17.0. The van der Waals surface area contributed by atoms with Crippen molar-refractivity contribution in [1.82, 2.24) is 15.2 Å². The third-order valence-electron chi connectivity index (χ3n) is 3.21. The van der Waals surface area contributed by atoms with E-state index in [-0.39, 0.29) is 0 Å². The Kier molecular flexibility index (Phi) is 6.16. The average molecular weight is 382 g/mol. The largest absolute Gasteiger partial charge is 0.236 e. The maximum Gasteiger partial charge on any atom is 0.175 e. The number of thioether (sulfide) groups is 2. The van der Waals surface area contributed by atoms with Gasteiger partial charge in [0.15, 0.2) is 8.68 Å². The highest BCUT2D eigenvalue weighted by molar-refractivity contribution is 8.02. The molecule has 7 heteroatoms. The Morgan fingerprint density at radius 2 is 1.91 bits per heavy atom. The topological polar surface area (TPSA) is 38.7 Å². The van der Waals surface area contributed by atoms with Crippen molar-refractivity contribution in [1.29, 1.82) is 0 Å². The van der Waals surface area contributed by atoms with Crippen LogP contribution < -0.4 is 0 Å². The summed E-state index contributed by atoms with van der Waals surface area (Å²) in [7, 11) is 0. The number of rotatable bonds is 7. The summed E-state index contributed by atoms with van der Waals surface area (Å²) >= 11 is 11.4. The van der Waals surface area contributed by atoms with Crippen molar-refractivity contribution in [2.24, 2.45) is 0 Å². The second-order valence-corrected chi connectivity index (χ2v) is 8.86. The van der Waals surface area contributed by atoms with Crippen LogP contribution in [0, 0.1) is 0 Å². The smallest absolute Gasteiger partial charge is 0.175 e. The van der Waals surface area contributed by atoms with E-state index in [2.05, 4.69) is 34.2 Å². The van der Waals surface area contributed by atoms with Crippen LogP contribution in [0.25, 0.3) is 10.9 Å². The van der Waals surface area contributed by atoms with E-state index < -0.39 is 0 Å². The van der Waals surface area contributed by atoms with Crippen molar-refractivity contribution in [2.75, 3.05) is 5.75 Å². The zero-order valence-corrected chi connectivity index (χ0v) is 15.9. The van der Waals surface area contributed by atoms with Crippen LogP contribution in [0.1, 0.15) is 25.3 Å². The van der Waals surface area contributed by atoms with Crippen molar-refractivity contribution in [3.63, 3.8) is 0 Å². The number of benzene rings is 1. The van der Waals surface area contributed by atoms with Gasteiger partial charge in [-0.3, -0.25) is 0 Å². The zero-order valence-electron chi connectivity index (χ0n) is 12.7. The molecule has 0 bridgehead atoms. The van der Waals surface area contributed by atoms with Gasteiger partial charge >= 0.3 is 0 Å². The highest BCUT2D eigenvalue weighted by Crippen LogP contribution is 2.33. The lowest BCUT2D eigenvalue weighted by Crippen LogP contribution is -1.88. The maximum atomic E-state index is 6.30. The maximum absolute atomic E-state index is 6.30. The van der Waals surface area contributed by atoms with E-state index in [1.807, 2.05) is 18.2 Å². The Labute approximate surface area is 153 Å². The van der Waals surface area contributed by atoms with Gasteiger partial charge in [0.1, 0.15) is 5.15 Å². The van der Waals surface area contributed by atoms with Gasteiger partial charge in [0.05, 0.1) is 5.52 Å². The van der Waals surface area contributed by atoms with Crippen LogP contribution in [-0.2, 0) is 5.75 Å². The molecule has 0 N–H and O–H groups in total. The molecule has 0 saturated carbocycles. The standard InChI is InChI=1S/C16H16ClN3S3/c1-2-3-8-21-15-19-20-16(23-15)22-10-12-9-11-6-4-5-7-13(11)18-14(12)17/h4-7,9H,2-3,8,10H2,1H3. The van der Waals surface area contributed by atoms with E-state index in [4.69, 9.17) is 11.6 Å². The van der Waals surface area contributed by atoms with Crippen molar-refractivity contribution in [3.8, 4) is 0 Å². The van der Waals surface area contributed by atoms with Crippen LogP contribution in [0.3, 0.4) is 0 Å². The van der Waals surface area contributed by atoms with Crippen LogP contribution in [0.15, 0.2) is 39.0 Å². The molecule has 0 aliphatic carbocycles. The first-order chi connectivity index (χ1) is 11.3. The summed E-state index contributed by atoms with van der Waals surface area (Å²) in [6, 6.07) is 10.1. The van der Waals surface area contributed by atoms with Crippen LogP contribution in [0.2, 0.25) is 5.15 Å². The molecule has 0 radical (unpaired) electrons. The quantitative estimate of drug-likeness (QED) is 0.288. The SMILES string of the molecule is CCCCSc1nnc(SCc2cc3ccccc3nc2Cl)s1. The summed E-state index contributed by atoms with van der Waals surface area (Å²) in [5.41, 5.74) is 1.96. The summed E-state index contributed by atoms with van der Waals surface area (Å²) in [5.74, 6) is 1.86.